The van der Waals surface area contributed by atoms with Gasteiger partial charge in [-0.2, -0.15) is 0 Å². The number of carbonyl (C=O) groups is 1. The highest BCUT2D eigenvalue weighted by Crippen LogP contribution is 2.30. The lowest BCUT2D eigenvalue weighted by Crippen LogP contribution is -2.32. The molecule has 0 N–H and O–H groups in total. The smallest absolute Gasteiger partial charge is 0.337 e. The van der Waals surface area contributed by atoms with E-state index in [-0.39, 0.29) is 5.97 Å². The van der Waals surface area contributed by atoms with Crippen molar-refractivity contribution in [1.82, 2.24) is 24.4 Å². The summed E-state index contributed by atoms with van der Waals surface area (Å²) >= 11 is 0. The molecule has 7 nitrogen and oxygen atoms in total. The fourth-order valence-electron chi connectivity index (χ4n) is 4.60. The highest BCUT2D eigenvalue weighted by molar-refractivity contribution is 5.89. The minimum absolute atomic E-state index is 0.318. The Kier molecular flexibility index (Phi) is 6.13. The van der Waals surface area contributed by atoms with Crippen LogP contribution in [-0.4, -0.2) is 50.6 Å². The Morgan fingerprint density at radius 3 is 2.48 bits per heavy atom. The van der Waals surface area contributed by atoms with Gasteiger partial charge in [0, 0.05) is 48.8 Å². The van der Waals surface area contributed by atoms with Gasteiger partial charge in [-0.1, -0.05) is 12.1 Å². The molecular formula is C26H27N5O2. The number of hydrogen-bond acceptors (Lipinski definition) is 6. The summed E-state index contributed by atoms with van der Waals surface area (Å²) in [5.74, 6) is 0.224. The van der Waals surface area contributed by atoms with Crippen LogP contribution < -0.4 is 0 Å². The van der Waals surface area contributed by atoms with Crippen molar-refractivity contribution in [2.24, 2.45) is 0 Å². The molecule has 0 unspecified atom stereocenters. The number of esters is 1. The van der Waals surface area contributed by atoms with Gasteiger partial charge < -0.3 is 9.30 Å². The van der Waals surface area contributed by atoms with Gasteiger partial charge in [0.2, 0.25) is 0 Å². The number of pyridine rings is 1. The fraction of sp³-hybridized carbons (Fsp3) is 0.308. The van der Waals surface area contributed by atoms with Crippen LogP contribution >= 0.6 is 0 Å². The largest absolute Gasteiger partial charge is 0.465 e. The first kappa shape index (κ1) is 21.3. The van der Waals surface area contributed by atoms with Gasteiger partial charge in [-0.15, -0.1) is 0 Å². The molecule has 7 heteroatoms. The number of carbonyl (C=O) groups excluding carboxylic acids is 1. The molecule has 1 fully saturated rings. The van der Waals surface area contributed by atoms with Crippen LogP contribution in [0, 0.1) is 0 Å². The number of hydrogen-bond donors (Lipinski definition) is 0. The molecule has 0 radical (unpaired) electrons. The van der Waals surface area contributed by atoms with Crippen molar-refractivity contribution in [3.05, 3.63) is 89.8 Å². The minimum Gasteiger partial charge on any atom is -0.465 e. The zero-order valence-corrected chi connectivity index (χ0v) is 18.7. The summed E-state index contributed by atoms with van der Waals surface area (Å²) in [7, 11) is 1.39. The zero-order chi connectivity index (χ0) is 22.6. The average Bonchev–Trinajstić information content (AvgIpc) is 3.27. The van der Waals surface area contributed by atoms with E-state index in [0.29, 0.717) is 18.0 Å². The van der Waals surface area contributed by atoms with Gasteiger partial charge in [0.25, 0.3) is 0 Å². The number of likely N-dealkylation sites (tertiary alicyclic amines) is 1. The molecule has 168 valence electrons. The Labute approximate surface area is 193 Å². The Bertz CT molecular complexity index is 1230. The molecule has 4 aromatic rings. The number of fused-ring (bicyclic) bond motifs is 1. The Hall–Kier alpha value is -3.58. The summed E-state index contributed by atoms with van der Waals surface area (Å²) in [6, 6.07) is 12.0. The van der Waals surface area contributed by atoms with E-state index in [9.17, 15) is 4.79 Å². The van der Waals surface area contributed by atoms with Crippen LogP contribution in [0.1, 0.15) is 45.8 Å². The van der Waals surface area contributed by atoms with E-state index in [1.54, 1.807) is 18.5 Å². The maximum absolute atomic E-state index is 11.6. The molecule has 0 spiro atoms. The third kappa shape index (κ3) is 4.78. The monoisotopic (exact) mass is 441 g/mol. The number of aromatic nitrogens is 4. The molecule has 0 atom stereocenters. The number of rotatable bonds is 6. The van der Waals surface area contributed by atoms with Gasteiger partial charge in [0.1, 0.15) is 12.0 Å². The van der Waals surface area contributed by atoms with Crippen LogP contribution in [-0.2, 0) is 17.8 Å². The number of benzene rings is 1. The molecule has 33 heavy (non-hydrogen) atoms. The van der Waals surface area contributed by atoms with E-state index in [4.69, 9.17) is 9.72 Å². The van der Waals surface area contributed by atoms with Crippen molar-refractivity contribution in [2.45, 2.75) is 31.8 Å². The lowest BCUT2D eigenvalue weighted by atomic mass is 9.90. The van der Waals surface area contributed by atoms with Crippen LogP contribution in [0.25, 0.3) is 11.0 Å². The third-order valence-electron chi connectivity index (χ3n) is 6.43. The molecule has 0 bridgehead atoms. The van der Waals surface area contributed by atoms with Gasteiger partial charge in [0.15, 0.2) is 0 Å². The molecule has 1 aliphatic heterocycles. The predicted molar refractivity (Wildman–Crippen MR) is 126 cm³/mol. The fourth-order valence-corrected chi connectivity index (χ4v) is 4.60. The summed E-state index contributed by atoms with van der Waals surface area (Å²) in [6.45, 7) is 3.76. The van der Waals surface area contributed by atoms with Gasteiger partial charge in [-0.05, 0) is 67.2 Å². The normalized spacial score (nSPS) is 15.1. The first-order valence-electron chi connectivity index (χ1n) is 11.3. The maximum atomic E-state index is 11.6. The average molecular weight is 442 g/mol. The number of nitrogens with zero attached hydrogens (tertiary/aromatic N) is 5. The molecule has 5 rings (SSSR count). The van der Waals surface area contributed by atoms with Crippen molar-refractivity contribution in [3.8, 4) is 0 Å². The molecule has 0 saturated carbocycles. The van der Waals surface area contributed by atoms with E-state index in [2.05, 4.69) is 37.8 Å². The summed E-state index contributed by atoms with van der Waals surface area (Å²) < 4.78 is 6.92. The molecule has 3 aromatic heterocycles. The lowest BCUT2D eigenvalue weighted by Gasteiger charge is -2.32. The predicted octanol–water partition coefficient (Wildman–Crippen LogP) is 4.04. The second-order valence-electron chi connectivity index (χ2n) is 8.61. The van der Waals surface area contributed by atoms with Crippen molar-refractivity contribution in [2.75, 3.05) is 20.2 Å². The standard InChI is InChI=1S/C26H27N5O2/c1-33-26(32)22-4-2-19(3-5-22)17-31-11-8-23-12-24(15-29-25(23)31)21-6-9-30(10-7-21)16-20-13-27-18-28-14-20/h2-5,8,11-15,18,21H,6-7,9-10,16-17H2,1H3. The molecule has 1 saturated heterocycles. The number of ether oxygens (including phenoxy) is 1. The first-order valence-corrected chi connectivity index (χ1v) is 11.3. The van der Waals surface area contributed by atoms with Crippen LogP contribution in [0.3, 0.4) is 0 Å². The van der Waals surface area contributed by atoms with E-state index >= 15 is 0 Å². The van der Waals surface area contributed by atoms with E-state index < -0.39 is 0 Å². The van der Waals surface area contributed by atoms with Crippen LogP contribution in [0.4, 0.5) is 0 Å². The van der Waals surface area contributed by atoms with E-state index in [0.717, 1.165) is 43.7 Å². The van der Waals surface area contributed by atoms with Crippen LogP contribution in [0.5, 0.6) is 0 Å². The molecule has 1 aromatic carbocycles. The summed E-state index contributed by atoms with van der Waals surface area (Å²) in [4.78, 5) is 27.2. The van der Waals surface area contributed by atoms with Crippen molar-refractivity contribution < 1.29 is 9.53 Å². The Balaban J connectivity index is 1.23. The quantitative estimate of drug-likeness (QED) is 0.421. The minimum atomic E-state index is -0.318. The van der Waals surface area contributed by atoms with Crippen molar-refractivity contribution in [3.63, 3.8) is 0 Å². The summed E-state index contributed by atoms with van der Waals surface area (Å²) in [5.41, 5.74) is 5.15. The SMILES string of the molecule is COC(=O)c1ccc(Cn2ccc3cc(C4CCN(Cc5cncnc5)CC4)cnc32)cc1. The maximum Gasteiger partial charge on any atom is 0.337 e. The Morgan fingerprint density at radius 2 is 1.76 bits per heavy atom. The topological polar surface area (TPSA) is 73.1 Å². The van der Waals surface area contributed by atoms with E-state index in [1.165, 1.54) is 23.6 Å². The summed E-state index contributed by atoms with van der Waals surface area (Å²) in [6.07, 6.45) is 11.8. The zero-order valence-electron chi connectivity index (χ0n) is 18.7. The highest BCUT2D eigenvalue weighted by atomic mass is 16.5. The lowest BCUT2D eigenvalue weighted by molar-refractivity contribution is 0.0600. The second kappa shape index (κ2) is 9.50. The molecular weight excluding hydrogens is 414 g/mol. The summed E-state index contributed by atoms with van der Waals surface area (Å²) in [5, 5.41) is 1.17. The van der Waals surface area contributed by atoms with E-state index in [1.807, 2.05) is 30.7 Å². The number of methoxy groups -OCH3 is 1. The molecule has 1 aliphatic rings. The van der Waals surface area contributed by atoms with Crippen molar-refractivity contribution >= 4 is 17.0 Å². The second-order valence-corrected chi connectivity index (χ2v) is 8.61. The van der Waals surface area contributed by atoms with Crippen LogP contribution in [0.2, 0.25) is 0 Å². The van der Waals surface area contributed by atoms with Gasteiger partial charge in [0.05, 0.1) is 12.7 Å². The van der Waals surface area contributed by atoms with Gasteiger partial charge in [-0.25, -0.2) is 19.7 Å². The molecule has 0 amide bonds. The first-order chi connectivity index (χ1) is 16.2. The molecule has 0 aliphatic carbocycles. The van der Waals surface area contributed by atoms with Crippen molar-refractivity contribution in [1.29, 1.82) is 0 Å². The van der Waals surface area contributed by atoms with Gasteiger partial charge in [-0.3, -0.25) is 4.90 Å². The third-order valence-corrected chi connectivity index (χ3v) is 6.43. The Morgan fingerprint density at radius 1 is 1.00 bits per heavy atom. The molecule has 4 heterocycles. The highest BCUT2D eigenvalue weighted by Gasteiger charge is 2.21. The van der Waals surface area contributed by atoms with Crippen LogP contribution in [0.15, 0.2) is 67.5 Å². The van der Waals surface area contributed by atoms with Gasteiger partial charge >= 0.3 is 5.97 Å². The number of piperidine rings is 1.